The lowest BCUT2D eigenvalue weighted by atomic mass is 9.75. The fourth-order valence-electron chi connectivity index (χ4n) is 3.06. The predicted molar refractivity (Wildman–Crippen MR) is 71.8 cm³/mol. The van der Waals surface area contributed by atoms with Crippen LogP contribution in [0.2, 0.25) is 0 Å². The Morgan fingerprint density at radius 1 is 1.19 bits per heavy atom. The van der Waals surface area contributed by atoms with E-state index in [1.807, 2.05) is 0 Å². The Morgan fingerprint density at radius 3 is 2.25 bits per heavy atom. The first-order valence-corrected chi connectivity index (χ1v) is 7.08. The van der Waals surface area contributed by atoms with Gasteiger partial charge in [0.15, 0.2) is 0 Å². The molecular formula is C14H30N2. The Kier molecular flexibility index (Phi) is 5.77. The highest BCUT2D eigenvalue weighted by Gasteiger charge is 2.33. The van der Waals surface area contributed by atoms with Gasteiger partial charge in [-0.05, 0) is 58.2 Å². The molecule has 0 amide bonds. The molecule has 1 fully saturated rings. The largest absolute Gasteiger partial charge is 0.317 e. The molecule has 2 nitrogen and oxygen atoms in total. The SMILES string of the molecule is CCCC1(CN(CC)C(C)C)CCNCC1. The van der Waals surface area contributed by atoms with Gasteiger partial charge in [0.2, 0.25) is 0 Å². The average Bonchev–Trinajstić information content (AvgIpc) is 2.27. The lowest BCUT2D eigenvalue weighted by molar-refractivity contribution is 0.0856. The lowest BCUT2D eigenvalue weighted by Gasteiger charge is -2.42. The van der Waals surface area contributed by atoms with Gasteiger partial charge in [-0.1, -0.05) is 20.3 Å². The zero-order chi connectivity index (χ0) is 12.0. The van der Waals surface area contributed by atoms with Crippen LogP contribution in [0.5, 0.6) is 0 Å². The molecule has 0 atom stereocenters. The van der Waals surface area contributed by atoms with Gasteiger partial charge >= 0.3 is 0 Å². The van der Waals surface area contributed by atoms with Crippen LogP contribution >= 0.6 is 0 Å². The number of hydrogen-bond acceptors (Lipinski definition) is 2. The minimum Gasteiger partial charge on any atom is -0.317 e. The fourth-order valence-corrected chi connectivity index (χ4v) is 3.06. The van der Waals surface area contributed by atoms with Gasteiger partial charge in [-0.15, -0.1) is 0 Å². The molecule has 1 saturated heterocycles. The highest BCUT2D eigenvalue weighted by atomic mass is 15.1. The predicted octanol–water partition coefficient (Wildman–Crippen LogP) is 2.89. The van der Waals surface area contributed by atoms with Crippen LogP contribution in [0.4, 0.5) is 0 Å². The molecule has 0 bridgehead atoms. The van der Waals surface area contributed by atoms with Crippen molar-refractivity contribution in [3.63, 3.8) is 0 Å². The van der Waals surface area contributed by atoms with E-state index in [-0.39, 0.29) is 0 Å². The Bertz CT molecular complexity index is 178. The summed E-state index contributed by atoms with van der Waals surface area (Å²) >= 11 is 0. The normalized spacial score (nSPS) is 20.6. The lowest BCUT2D eigenvalue weighted by Crippen LogP contribution is -2.46. The van der Waals surface area contributed by atoms with Gasteiger partial charge in [0.25, 0.3) is 0 Å². The molecule has 2 heteroatoms. The molecule has 0 unspecified atom stereocenters. The van der Waals surface area contributed by atoms with Crippen LogP contribution in [0.3, 0.4) is 0 Å². The van der Waals surface area contributed by atoms with Crippen LogP contribution < -0.4 is 5.32 Å². The van der Waals surface area contributed by atoms with Crippen LogP contribution in [0.1, 0.15) is 53.4 Å². The van der Waals surface area contributed by atoms with Crippen molar-refractivity contribution in [2.45, 2.75) is 59.4 Å². The third kappa shape index (κ3) is 3.74. The molecule has 0 radical (unpaired) electrons. The van der Waals surface area contributed by atoms with E-state index in [1.165, 1.54) is 51.9 Å². The minimum absolute atomic E-state index is 0.598. The number of piperidine rings is 1. The quantitative estimate of drug-likeness (QED) is 0.749. The van der Waals surface area contributed by atoms with Gasteiger partial charge in [-0.3, -0.25) is 0 Å². The molecule has 1 heterocycles. The summed E-state index contributed by atoms with van der Waals surface area (Å²) in [7, 11) is 0. The maximum absolute atomic E-state index is 3.50. The van der Waals surface area contributed by atoms with E-state index in [9.17, 15) is 0 Å². The molecule has 1 N–H and O–H groups in total. The van der Waals surface area contributed by atoms with Crippen molar-refractivity contribution < 1.29 is 0 Å². The van der Waals surface area contributed by atoms with Gasteiger partial charge in [0.1, 0.15) is 0 Å². The Morgan fingerprint density at radius 2 is 1.81 bits per heavy atom. The second kappa shape index (κ2) is 6.61. The Hall–Kier alpha value is -0.0800. The summed E-state index contributed by atoms with van der Waals surface area (Å²) in [6, 6.07) is 0.689. The van der Waals surface area contributed by atoms with Crippen LogP contribution in [0.25, 0.3) is 0 Å². The molecule has 1 aliphatic heterocycles. The number of rotatable bonds is 6. The van der Waals surface area contributed by atoms with Gasteiger partial charge < -0.3 is 10.2 Å². The molecule has 0 aromatic rings. The number of hydrogen-bond donors (Lipinski definition) is 1. The zero-order valence-electron chi connectivity index (χ0n) is 11.7. The molecule has 1 aliphatic rings. The molecule has 96 valence electrons. The average molecular weight is 226 g/mol. The van der Waals surface area contributed by atoms with E-state index in [0.717, 1.165) is 0 Å². The first-order chi connectivity index (χ1) is 7.63. The third-order valence-electron chi connectivity index (χ3n) is 4.12. The van der Waals surface area contributed by atoms with E-state index < -0.39 is 0 Å². The molecule has 1 rings (SSSR count). The second-order valence-corrected chi connectivity index (χ2v) is 5.66. The van der Waals surface area contributed by atoms with Crippen molar-refractivity contribution in [1.29, 1.82) is 0 Å². The van der Waals surface area contributed by atoms with Gasteiger partial charge in [-0.2, -0.15) is 0 Å². The van der Waals surface area contributed by atoms with Crippen molar-refractivity contribution in [1.82, 2.24) is 10.2 Å². The molecule has 0 aromatic carbocycles. The first-order valence-electron chi connectivity index (χ1n) is 7.08. The summed E-state index contributed by atoms with van der Waals surface area (Å²) < 4.78 is 0. The van der Waals surface area contributed by atoms with E-state index in [0.29, 0.717) is 11.5 Å². The molecule has 0 spiro atoms. The van der Waals surface area contributed by atoms with E-state index >= 15 is 0 Å². The standard InChI is InChI=1S/C14H30N2/c1-5-7-14(8-10-15-11-9-14)12-16(6-2)13(3)4/h13,15H,5-12H2,1-4H3. The highest BCUT2D eigenvalue weighted by Crippen LogP contribution is 2.35. The van der Waals surface area contributed by atoms with Crippen molar-refractivity contribution in [3.8, 4) is 0 Å². The number of nitrogens with zero attached hydrogens (tertiary/aromatic N) is 1. The van der Waals surface area contributed by atoms with Crippen LogP contribution in [0.15, 0.2) is 0 Å². The van der Waals surface area contributed by atoms with Crippen LogP contribution in [0, 0.1) is 5.41 Å². The first kappa shape index (κ1) is 14.0. The van der Waals surface area contributed by atoms with Gasteiger partial charge in [-0.25, -0.2) is 0 Å². The van der Waals surface area contributed by atoms with E-state index in [2.05, 4.69) is 37.9 Å². The van der Waals surface area contributed by atoms with Crippen molar-refractivity contribution >= 4 is 0 Å². The Balaban J connectivity index is 2.61. The Labute approximate surface area is 102 Å². The second-order valence-electron chi connectivity index (χ2n) is 5.66. The summed E-state index contributed by atoms with van der Waals surface area (Å²) in [6.07, 6.45) is 5.46. The smallest absolute Gasteiger partial charge is 0.00415 e. The van der Waals surface area contributed by atoms with Crippen molar-refractivity contribution in [2.24, 2.45) is 5.41 Å². The maximum Gasteiger partial charge on any atom is 0.00415 e. The molecule has 16 heavy (non-hydrogen) atoms. The summed E-state index contributed by atoms with van der Waals surface area (Å²) in [5.41, 5.74) is 0.598. The molecular weight excluding hydrogens is 196 g/mol. The van der Waals surface area contributed by atoms with Crippen LogP contribution in [-0.4, -0.2) is 37.1 Å². The summed E-state index contributed by atoms with van der Waals surface area (Å²) in [4.78, 5) is 2.64. The van der Waals surface area contributed by atoms with Gasteiger partial charge in [0, 0.05) is 12.6 Å². The molecule has 0 aromatic heterocycles. The summed E-state index contributed by atoms with van der Waals surface area (Å²) in [6.45, 7) is 14.2. The summed E-state index contributed by atoms with van der Waals surface area (Å²) in [5.74, 6) is 0. The van der Waals surface area contributed by atoms with Crippen LogP contribution in [-0.2, 0) is 0 Å². The topological polar surface area (TPSA) is 15.3 Å². The monoisotopic (exact) mass is 226 g/mol. The van der Waals surface area contributed by atoms with Crippen molar-refractivity contribution in [2.75, 3.05) is 26.2 Å². The molecule has 0 aliphatic carbocycles. The van der Waals surface area contributed by atoms with Gasteiger partial charge in [0.05, 0.1) is 0 Å². The number of nitrogens with one attached hydrogen (secondary N) is 1. The van der Waals surface area contributed by atoms with Crippen molar-refractivity contribution in [3.05, 3.63) is 0 Å². The van der Waals surface area contributed by atoms with E-state index in [4.69, 9.17) is 0 Å². The highest BCUT2D eigenvalue weighted by molar-refractivity contribution is 4.87. The molecule has 0 saturated carbocycles. The summed E-state index contributed by atoms with van der Waals surface area (Å²) in [5, 5.41) is 3.50. The zero-order valence-corrected chi connectivity index (χ0v) is 11.7. The maximum atomic E-state index is 3.50. The minimum atomic E-state index is 0.598. The third-order valence-corrected chi connectivity index (χ3v) is 4.12. The fraction of sp³-hybridized carbons (Fsp3) is 1.00. The van der Waals surface area contributed by atoms with E-state index in [1.54, 1.807) is 0 Å².